The van der Waals surface area contributed by atoms with Gasteiger partial charge in [-0.05, 0) is 36.8 Å². The van der Waals surface area contributed by atoms with Crippen LogP contribution in [0.5, 0.6) is 5.75 Å². The van der Waals surface area contributed by atoms with Gasteiger partial charge in [0, 0.05) is 22.3 Å². The number of benzene rings is 2. The summed E-state index contributed by atoms with van der Waals surface area (Å²) in [5.41, 5.74) is 2.83. The van der Waals surface area contributed by atoms with Gasteiger partial charge in [0.2, 0.25) is 0 Å². The molecule has 0 saturated heterocycles. The number of ether oxygens (including phenoxy) is 1. The van der Waals surface area contributed by atoms with Gasteiger partial charge >= 0.3 is 0 Å². The molecule has 4 heteroatoms. The van der Waals surface area contributed by atoms with Gasteiger partial charge in [0.25, 0.3) is 0 Å². The normalized spacial score (nSPS) is 10.3. The second-order valence-electron chi connectivity index (χ2n) is 4.27. The third kappa shape index (κ3) is 3.47. The SMILES string of the molecule is COc1cc(Br)ccc1CNc1cc(F)ccc1C. The summed E-state index contributed by atoms with van der Waals surface area (Å²) in [4.78, 5) is 0. The molecule has 0 fully saturated rings. The summed E-state index contributed by atoms with van der Waals surface area (Å²) in [6.07, 6.45) is 0. The molecule has 0 aliphatic carbocycles. The van der Waals surface area contributed by atoms with Crippen molar-refractivity contribution in [3.63, 3.8) is 0 Å². The van der Waals surface area contributed by atoms with Crippen LogP contribution in [0.15, 0.2) is 40.9 Å². The van der Waals surface area contributed by atoms with Crippen molar-refractivity contribution >= 4 is 21.6 Å². The molecule has 0 radical (unpaired) electrons. The summed E-state index contributed by atoms with van der Waals surface area (Å²) in [5, 5.41) is 3.23. The summed E-state index contributed by atoms with van der Waals surface area (Å²) in [5.74, 6) is 0.562. The number of nitrogens with one attached hydrogen (secondary N) is 1. The number of anilines is 1. The first kappa shape index (κ1) is 13.9. The average molecular weight is 324 g/mol. The standard InChI is InChI=1S/C15H15BrFNO/c1-10-3-6-13(17)8-14(10)18-9-11-4-5-12(16)7-15(11)19-2/h3-8,18H,9H2,1-2H3. The molecule has 0 spiro atoms. The van der Waals surface area contributed by atoms with Crippen molar-refractivity contribution in [2.24, 2.45) is 0 Å². The zero-order valence-electron chi connectivity index (χ0n) is 10.8. The van der Waals surface area contributed by atoms with Gasteiger partial charge in [-0.3, -0.25) is 0 Å². The summed E-state index contributed by atoms with van der Waals surface area (Å²) in [7, 11) is 1.64. The Labute approximate surface area is 120 Å². The van der Waals surface area contributed by atoms with E-state index in [1.807, 2.05) is 25.1 Å². The molecule has 100 valence electrons. The molecule has 19 heavy (non-hydrogen) atoms. The molecule has 0 saturated carbocycles. The van der Waals surface area contributed by atoms with Crippen LogP contribution < -0.4 is 10.1 Å². The molecule has 0 atom stereocenters. The van der Waals surface area contributed by atoms with Crippen LogP contribution in [0, 0.1) is 12.7 Å². The minimum atomic E-state index is -0.240. The van der Waals surface area contributed by atoms with E-state index >= 15 is 0 Å². The minimum absolute atomic E-state index is 0.240. The van der Waals surface area contributed by atoms with E-state index in [9.17, 15) is 4.39 Å². The molecule has 2 aromatic rings. The average Bonchev–Trinajstić information content (AvgIpc) is 2.40. The van der Waals surface area contributed by atoms with Crippen LogP contribution in [0.2, 0.25) is 0 Å². The van der Waals surface area contributed by atoms with E-state index in [0.717, 1.165) is 27.0 Å². The molecule has 0 aliphatic rings. The van der Waals surface area contributed by atoms with Crippen molar-refractivity contribution in [3.05, 3.63) is 57.8 Å². The fourth-order valence-corrected chi connectivity index (χ4v) is 2.18. The lowest BCUT2D eigenvalue weighted by Gasteiger charge is -2.12. The van der Waals surface area contributed by atoms with Crippen molar-refractivity contribution in [1.82, 2.24) is 0 Å². The Kier molecular flexibility index (Phi) is 4.43. The van der Waals surface area contributed by atoms with E-state index in [0.29, 0.717) is 6.54 Å². The highest BCUT2D eigenvalue weighted by Crippen LogP contribution is 2.25. The van der Waals surface area contributed by atoms with E-state index in [-0.39, 0.29) is 5.82 Å². The molecule has 0 amide bonds. The second kappa shape index (κ2) is 6.06. The van der Waals surface area contributed by atoms with E-state index in [1.54, 1.807) is 13.2 Å². The Hall–Kier alpha value is -1.55. The van der Waals surface area contributed by atoms with E-state index in [1.165, 1.54) is 12.1 Å². The third-order valence-corrected chi connectivity index (χ3v) is 3.41. The van der Waals surface area contributed by atoms with Crippen LogP contribution in [-0.4, -0.2) is 7.11 Å². The maximum absolute atomic E-state index is 13.2. The summed E-state index contributed by atoms with van der Waals surface area (Å²) in [6, 6.07) is 10.6. The van der Waals surface area contributed by atoms with Crippen LogP contribution in [0.3, 0.4) is 0 Å². The Bertz CT molecular complexity index is 586. The van der Waals surface area contributed by atoms with Crippen molar-refractivity contribution in [2.45, 2.75) is 13.5 Å². The van der Waals surface area contributed by atoms with Crippen molar-refractivity contribution in [2.75, 3.05) is 12.4 Å². The van der Waals surface area contributed by atoms with Crippen LogP contribution in [0.1, 0.15) is 11.1 Å². The fourth-order valence-electron chi connectivity index (χ4n) is 1.84. The topological polar surface area (TPSA) is 21.3 Å². The van der Waals surface area contributed by atoms with Crippen LogP contribution >= 0.6 is 15.9 Å². The summed E-state index contributed by atoms with van der Waals surface area (Å²) >= 11 is 3.40. The van der Waals surface area contributed by atoms with Crippen LogP contribution in [0.25, 0.3) is 0 Å². The smallest absolute Gasteiger partial charge is 0.125 e. The van der Waals surface area contributed by atoms with Gasteiger partial charge in [0.1, 0.15) is 11.6 Å². The first-order valence-electron chi connectivity index (χ1n) is 5.92. The maximum Gasteiger partial charge on any atom is 0.125 e. The summed E-state index contributed by atoms with van der Waals surface area (Å²) in [6.45, 7) is 2.53. The Morgan fingerprint density at radius 3 is 2.74 bits per heavy atom. The molecule has 0 heterocycles. The van der Waals surface area contributed by atoms with E-state index in [2.05, 4.69) is 21.2 Å². The highest BCUT2D eigenvalue weighted by molar-refractivity contribution is 9.10. The van der Waals surface area contributed by atoms with Gasteiger partial charge in [0.15, 0.2) is 0 Å². The zero-order chi connectivity index (χ0) is 13.8. The molecule has 2 nitrogen and oxygen atoms in total. The number of halogens is 2. The van der Waals surface area contributed by atoms with Crippen molar-refractivity contribution < 1.29 is 9.13 Å². The molecule has 0 aliphatic heterocycles. The molecule has 1 N–H and O–H groups in total. The molecular weight excluding hydrogens is 309 g/mol. The zero-order valence-corrected chi connectivity index (χ0v) is 12.4. The largest absolute Gasteiger partial charge is 0.496 e. The van der Waals surface area contributed by atoms with Gasteiger partial charge in [0.05, 0.1) is 7.11 Å². The number of rotatable bonds is 4. The lowest BCUT2D eigenvalue weighted by atomic mass is 10.1. The monoisotopic (exact) mass is 323 g/mol. The molecule has 0 aromatic heterocycles. The highest BCUT2D eigenvalue weighted by atomic mass is 79.9. The Balaban J connectivity index is 2.16. The predicted molar refractivity (Wildman–Crippen MR) is 79.2 cm³/mol. The first-order valence-corrected chi connectivity index (χ1v) is 6.72. The first-order chi connectivity index (χ1) is 9.10. The molecule has 2 rings (SSSR count). The number of hydrogen-bond donors (Lipinski definition) is 1. The van der Waals surface area contributed by atoms with Gasteiger partial charge < -0.3 is 10.1 Å². The Morgan fingerprint density at radius 1 is 1.21 bits per heavy atom. The fraction of sp³-hybridized carbons (Fsp3) is 0.200. The van der Waals surface area contributed by atoms with Gasteiger partial charge in [-0.2, -0.15) is 0 Å². The van der Waals surface area contributed by atoms with Crippen LogP contribution in [0.4, 0.5) is 10.1 Å². The van der Waals surface area contributed by atoms with Gasteiger partial charge in [-0.25, -0.2) is 4.39 Å². The number of hydrogen-bond acceptors (Lipinski definition) is 2. The lowest BCUT2D eigenvalue weighted by molar-refractivity contribution is 0.410. The lowest BCUT2D eigenvalue weighted by Crippen LogP contribution is -2.03. The third-order valence-electron chi connectivity index (χ3n) is 2.92. The molecule has 0 unspecified atom stereocenters. The number of methoxy groups -OCH3 is 1. The van der Waals surface area contributed by atoms with Gasteiger partial charge in [-0.1, -0.05) is 28.1 Å². The predicted octanol–water partition coefficient (Wildman–Crippen LogP) is 4.52. The summed E-state index contributed by atoms with van der Waals surface area (Å²) < 4.78 is 19.5. The second-order valence-corrected chi connectivity index (χ2v) is 5.18. The van der Waals surface area contributed by atoms with Gasteiger partial charge in [-0.15, -0.1) is 0 Å². The van der Waals surface area contributed by atoms with Crippen molar-refractivity contribution in [3.8, 4) is 5.75 Å². The highest BCUT2D eigenvalue weighted by Gasteiger charge is 2.05. The maximum atomic E-state index is 13.2. The van der Waals surface area contributed by atoms with Crippen molar-refractivity contribution in [1.29, 1.82) is 0 Å². The minimum Gasteiger partial charge on any atom is -0.496 e. The molecule has 0 bridgehead atoms. The molecular formula is C15H15BrFNO. The molecule has 2 aromatic carbocycles. The number of aryl methyl sites for hydroxylation is 1. The quantitative estimate of drug-likeness (QED) is 0.893. The van der Waals surface area contributed by atoms with Crippen LogP contribution in [-0.2, 0) is 6.54 Å². The van der Waals surface area contributed by atoms with E-state index in [4.69, 9.17) is 4.74 Å². The van der Waals surface area contributed by atoms with E-state index < -0.39 is 0 Å². The Morgan fingerprint density at radius 2 is 2.00 bits per heavy atom.